The molecular formula is C12H8N4O2. The van der Waals surface area contributed by atoms with Crippen LogP contribution in [0.1, 0.15) is 15.9 Å². The fourth-order valence-electron chi connectivity index (χ4n) is 1.31. The molecule has 6 heteroatoms. The van der Waals surface area contributed by atoms with Crippen LogP contribution in [-0.4, -0.2) is 15.9 Å². The number of carbonyl (C=O) groups is 1. The molecule has 0 saturated heterocycles. The molecule has 0 aliphatic rings. The van der Waals surface area contributed by atoms with Gasteiger partial charge in [-0.05, 0) is 12.1 Å². The molecule has 0 radical (unpaired) electrons. The molecule has 2 aromatic heterocycles. The summed E-state index contributed by atoms with van der Waals surface area (Å²) in [6.45, 7) is 0. The van der Waals surface area contributed by atoms with Crippen LogP contribution in [0.2, 0.25) is 0 Å². The van der Waals surface area contributed by atoms with Crippen molar-refractivity contribution in [2.24, 2.45) is 0 Å². The molecule has 2 rings (SSSR count). The summed E-state index contributed by atoms with van der Waals surface area (Å²) in [6, 6.07) is 6.20. The molecule has 0 fully saturated rings. The zero-order chi connectivity index (χ0) is 13.0. The smallest absolute Gasteiger partial charge is 0.262 e. The topological polar surface area (TPSA) is 98.6 Å². The van der Waals surface area contributed by atoms with Crippen molar-refractivity contribution in [3.63, 3.8) is 0 Å². The maximum atomic E-state index is 11.8. The molecule has 0 spiro atoms. The summed E-state index contributed by atoms with van der Waals surface area (Å²) in [7, 11) is 0. The van der Waals surface area contributed by atoms with Crippen molar-refractivity contribution >= 4 is 11.7 Å². The molecule has 0 bridgehead atoms. The van der Waals surface area contributed by atoms with E-state index in [9.17, 15) is 9.59 Å². The van der Waals surface area contributed by atoms with Crippen LogP contribution in [0.15, 0.2) is 41.6 Å². The lowest BCUT2D eigenvalue weighted by atomic mass is 10.2. The van der Waals surface area contributed by atoms with Gasteiger partial charge in [-0.1, -0.05) is 0 Å². The van der Waals surface area contributed by atoms with E-state index in [0.29, 0.717) is 5.56 Å². The van der Waals surface area contributed by atoms with Crippen LogP contribution in [0.25, 0.3) is 0 Å². The molecule has 2 heterocycles. The molecule has 0 saturated carbocycles. The minimum atomic E-state index is -0.547. The monoisotopic (exact) mass is 240 g/mol. The normalized spacial score (nSPS) is 9.50. The number of anilines is 1. The second-order valence-corrected chi connectivity index (χ2v) is 3.42. The van der Waals surface area contributed by atoms with Crippen LogP contribution in [0.4, 0.5) is 5.82 Å². The number of nitrogens with one attached hydrogen (secondary N) is 2. The Morgan fingerprint density at radius 1 is 1.39 bits per heavy atom. The van der Waals surface area contributed by atoms with Gasteiger partial charge in [0, 0.05) is 24.7 Å². The number of hydrogen-bond acceptors (Lipinski definition) is 4. The predicted octanol–water partition coefficient (Wildman–Crippen LogP) is 0.894. The number of rotatable bonds is 2. The van der Waals surface area contributed by atoms with E-state index in [4.69, 9.17) is 5.26 Å². The molecule has 0 aromatic carbocycles. The van der Waals surface area contributed by atoms with Gasteiger partial charge in [0.25, 0.3) is 5.91 Å². The zero-order valence-electron chi connectivity index (χ0n) is 9.18. The summed E-state index contributed by atoms with van der Waals surface area (Å²) in [5, 5.41) is 11.1. The fraction of sp³-hybridized carbons (Fsp3) is 0. The van der Waals surface area contributed by atoms with Gasteiger partial charge < -0.3 is 10.3 Å². The lowest BCUT2D eigenvalue weighted by Gasteiger charge is -2.03. The van der Waals surface area contributed by atoms with Crippen molar-refractivity contribution in [1.29, 1.82) is 5.26 Å². The number of nitriles is 1. The molecule has 88 valence electrons. The van der Waals surface area contributed by atoms with Crippen molar-refractivity contribution in [2.75, 3.05) is 5.32 Å². The summed E-state index contributed by atoms with van der Waals surface area (Å²) in [6.07, 6.45) is 4.10. The van der Waals surface area contributed by atoms with Gasteiger partial charge in [0.2, 0.25) is 0 Å². The molecule has 0 atom stereocenters. The molecule has 2 N–H and O–H groups in total. The number of hydrogen-bond donors (Lipinski definition) is 2. The number of aromatic nitrogens is 2. The van der Waals surface area contributed by atoms with Gasteiger partial charge in [-0.25, -0.2) is 4.98 Å². The molecule has 18 heavy (non-hydrogen) atoms. The average Bonchev–Trinajstić information content (AvgIpc) is 2.40. The van der Waals surface area contributed by atoms with Gasteiger partial charge in [0.1, 0.15) is 17.5 Å². The first-order valence-electron chi connectivity index (χ1n) is 5.05. The van der Waals surface area contributed by atoms with Crippen molar-refractivity contribution in [3.8, 4) is 6.07 Å². The Balaban J connectivity index is 2.19. The van der Waals surface area contributed by atoms with Crippen molar-refractivity contribution in [2.45, 2.75) is 0 Å². The number of H-pyrrole nitrogens is 1. The summed E-state index contributed by atoms with van der Waals surface area (Å²) in [4.78, 5) is 29.7. The lowest BCUT2D eigenvalue weighted by Crippen LogP contribution is -2.21. The van der Waals surface area contributed by atoms with E-state index in [2.05, 4.69) is 15.3 Å². The number of pyridine rings is 2. The summed E-state index contributed by atoms with van der Waals surface area (Å²) in [5.74, 6) is -0.267. The highest BCUT2D eigenvalue weighted by Crippen LogP contribution is 2.05. The molecule has 0 aliphatic carbocycles. The molecule has 0 unspecified atom stereocenters. The molecular weight excluding hydrogens is 232 g/mol. The average molecular weight is 240 g/mol. The maximum absolute atomic E-state index is 11.8. The van der Waals surface area contributed by atoms with Gasteiger partial charge in [-0.15, -0.1) is 0 Å². The van der Waals surface area contributed by atoms with Crippen molar-refractivity contribution in [1.82, 2.24) is 9.97 Å². The van der Waals surface area contributed by atoms with Crippen LogP contribution >= 0.6 is 0 Å². The van der Waals surface area contributed by atoms with Crippen LogP contribution in [-0.2, 0) is 0 Å². The Morgan fingerprint density at radius 2 is 2.22 bits per heavy atom. The van der Waals surface area contributed by atoms with E-state index in [1.807, 2.05) is 6.07 Å². The number of carbonyl (C=O) groups excluding carboxylic acids is 1. The largest absolute Gasteiger partial charge is 0.367 e. The first kappa shape index (κ1) is 11.5. The van der Waals surface area contributed by atoms with Gasteiger partial charge >= 0.3 is 0 Å². The zero-order valence-corrected chi connectivity index (χ0v) is 9.18. The quantitative estimate of drug-likeness (QED) is 0.814. The summed E-state index contributed by atoms with van der Waals surface area (Å²) < 4.78 is 0. The predicted molar refractivity (Wildman–Crippen MR) is 64.0 cm³/mol. The third-order valence-corrected chi connectivity index (χ3v) is 2.20. The van der Waals surface area contributed by atoms with Crippen LogP contribution < -0.4 is 10.7 Å². The van der Waals surface area contributed by atoms with Crippen molar-refractivity contribution < 1.29 is 4.79 Å². The fourth-order valence-corrected chi connectivity index (χ4v) is 1.31. The van der Waals surface area contributed by atoms with E-state index >= 15 is 0 Å². The van der Waals surface area contributed by atoms with E-state index in [0.717, 1.165) is 0 Å². The molecule has 1 amide bonds. The van der Waals surface area contributed by atoms with Crippen LogP contribution in [0.5, 0.6) is 0 Å². The third-order valence-electron chi connectivity index (χ3n) is 2.20. The Labute approximate surface area is 102 Å². The molecule has 0 aliphatic heterocycles. The SMILES string of the molecule is N#Cc1ccc(NC(=O)c2c[nH]ccc2=O)nc1. The minimum absolute atomic E-state index is 0.00339. The van der Waals surface area contributed by atoms with Gasteiger partial charge in [0.05, 0.1) is 5.56 Å². The summed E-state index contributed by atoms with van der Waals surface area (Å²) >= 11 is 0. The molecule has 6 nitrogen and oxygen atoms in total. The van der Waals surface area contributed by atoms with Crippen LogP contribution in [0.3, 0.4) is 0 Å². The number of aromatic amines is 1. The lowest BCUT2D eigenvalue weighted by molar-refractivity contribution is 0.102. The summed E-state index contributed by atoms with van der Waals surface area (Å²) in [5.41, 5.74) is 0.0223. The second kappa shape index (κ2) is 4.93. The van der Waals surface area contributed by atoms with Gasteiger partial charge in [-0.3, -0.25) is 9.59 Å². The molecule has 2 aromatic rings. The highest BCUT2D eigenvalue weighted by Gasteiger charge is 2.09. The Kier molecular flexibility index (Phi) is 3.16. The van der Waals surface area contributed by atoms with E-state index in [-0.39, 0.29) is 16.8 Å². The highest BCUT2D eigenvalue weighted by atomic mass is 16.2. The standard InChI is InChI=1S/C12H8N4O2/c13-5-8-1-2-11(15-6-8)16-12(18)9-7-14-4-3-10(9)17/h1-4,6-7H,(H,14,17)(H,15,16,18). The number of amides is 1. The van der Waals surface area contributed by atoms with Gasteiger partial charge in [-0.2, -0.15) is 5.26 Å². The van der Waals surface area contributed by atoms with Crippen LogP contribution in [0, 0.1) is 11.3 Å². The van der Waals surface area contributed by atoms with Crippen molar-refractivity contribution in [3.05, 3.63) is 58.1 Å². The Morgan fingerprint density at radius 3 is 2.83 bits per heavy atom. The minimum Gasteiger partial charge on any atom is -0.367 e. The Hall–Kier alpha value is -2.94. The third kappa shape index (κ3) is 2.41. The van der Waals surface area contributed by atoms with E-state index < -0.39 is 5.91 Å². The Bertz CT molecular complexity index is 667. The van der Waals surface area contributed by atoms with E-state index in [1.54, 1.807) is 0 Å². The van der Waals surface area contributed by atoms with E-state index in [1.165, 1.54) is 36.8 Å². The second-order valence-electron chi connectivity index (χ2n) is 3.42. The first-order chi connectivity index (χ1) is 8.70. The first-order valence-corrected chi connectivity index (χ1v) is 5.05. The van der Waals surface area contributed by atoms with Gasteiger partial charge in [0.15, 0.2) is 5.43 Å². The maximum Gasteiger partial charge on any atom is 0.262 e. The number of nitrogens with zero attached hydrogens (tertiary/aromatic N) is 2. The highest BCUT2D eigenvalue weighted by molar-refractivity contribution is 6.03.